The van der Waals surface area contributed by atoms with Gasteiger partial charge >= 0.3 is 0 Å². The van der Waals surface area contributed by atoms with Crippen LogP contribution in [0.1, 0.15) is 16.7 Å². The minimum atomic E-state index is -0.541. The molecule has 0 bridgehead atoms. The second-order valence-electron chi connectivity index (χ2n) is 6.71. The molecule has 1 amide bonds. The van der Waals surface area contributed by atoms with Gasteiger partial charge in [0.1, 0.15) is 6.61 Å². The molecule has 0 atom stereocenters. The number of halogens is 4. The summed E-state index contributed by atoms with van der Waals surface area (Å²) in [7, 11) is 0. The van der Waals surface area contributed by atoms with Crippen LogP contribution in [0.4, 0.5) is 5.69 Å². The van der Waals surface area contributed by atoms with E-state index in [1.165, 1.54) is 24.4 Å². The van der Waals surface area contributed by atoms with Gasteiger partial charge in [-0.3, -0.25) is 14.9 Å². The highest BCUT2D eigenvalue weighted by Gasteiger charge is 2.15. The van der Waals surface area contributed by atoms with Crippen LogP contribution in [-0.2, 0) is 17.8 Å². The van der Waals surface area contributed by atoms with E-state index in [2.05, 4.69) is 10.5 Å². The normalized spacial score (nSPS) is 10.9. The van der Waals surface area contributed by atoms with Crippen molar-refractivity contribution in [1.29, 1.82) is 0 Å². The van der Waals surface area contributed by atoms with Crippen LogP contribution < -0.4 is 10.2 Å². The predicted octanol–water partition coefficient (Wildman–Crippen LogP) is 6.48. The quantitative estimate of drug-likeness (QED) is 0.206. The van der Waals surface area contributed by atoms with Crippen LogP contribution in [0, 0.1) is 10.1 Å². The van der Waals surface area contributed by atoms with Crippen LogP contribution in [-0.4, -0.2) is 17.0 Å². The zero-order chi connectivity index (χ0) is 24.0. The number of carbonyl (C=O) groups excluding carboxylic acids is 1. The molecule has 0 unspecified atom stereocenters. The van der Waals surface area contributed by atoms with Gasteiger partial charge in [-0.25, -0.2) is 5.43 Å². The molecule has 3 rings (SSSR count). The van der Waals surface area contributed by atoms with Crippen molar-refractivity contribution in [3.05, 3.63) is 101 Å². The molecule has 0 saturated carbocycles. The summed E-state index contributed by atoms with van der Waals surface area (Å²) < 4.78 is 5.71. The maximum atomic E-state index is 12.1. The summed E-state index contributed by atoms with van der Waals surface area (Å²) in [6.07, 6.45) is 1.15. The van der Waals surface area contributed by atoms with Crippen molar-refractivity contribution in [1.82, 2.24) is 5.43 Å². The van der Waals surface area contributed by atoms with Crippen molar-refractivity contribution in [3.8, 4) is 5.75 Å². The largest absolute Gasteiger partial charge is 0.486 e. The van der Waals surface area contributed by atoms with E-state index >= 15 is 0 Å². The Hall–Kier alpha value is -2.84. The molecule has 0 heterocycles. The van der Waals surface area contributed by atoms with Gasteiger partial charge in [0.05, 0.1) is 37.6 Å². The number of nitro benzene ring substituents is 1. The lowest BCUT2D eigenvalue weighted by Crippen LogP contribution is -2.20. The minimum absolute atomic E-state index is 0.133. The summed E-state index contributed by atoms with van der Waals surface area (Å²) in [6.45, 7) is 0.172. The second-order valence-corrected chi connectivity index (χ2v) is 8.34. The van der Waals surface area contributed by atoms with Crippen molar-refractivity contribution in [2.45, 2.75) is 13.0 Å². The van der Waals surface area contributed by atoms with Gasteiger partial charge in [-0.1, -0.05) is 70.7 Å². The number of benzene rings is 3. The van der Waals surface area contributed by atoms with E-state index in [0.29, 0.717) is 15.6 Å². The molecular weight excluding hydrogens is 512 g/mol. The summed E-state index contributed by atoms with van der Waals surface area (Å²) in [4.78, 5) is 22.6. The number of hydrogen-bond donors (Lipinski definition) is 1. The third-order valence-corrected chi connectivity index (χ3v) is 5.63. The number of rotatable bonds is 8. The molecular formula is C22H15Cl4N3O4. The number of ether oxygens (including phenoxy) is 1. The number of hydrazone groups is 1. The summed E-state index contributed by atoms with van der Waals surface area (Å²) in [5.41, 5.74) is 3.77. The summed E-state index contributed by atoms with van der Waals surface area (Å²) in [6, 6.07) is 14.2. The van der Waals surface area contributed by atoms with Gasteiger partial charge in [0.25, 0.3) is 5.69 Å². The highest BCUT2D eigenvalue weighted by molar-refractivity contribution is 6.42. The SMILES string of the molecule is O=C(Cc1ccccc1[N+](=O)[O-])N/N=C/c1cc(Cl)c(OCc2ccc(Cl)c(Cl)c2)c(Cl)c1. The fourth-order valence-corrected chi connectivity index (χ4v) is 3.74. The number of nitrogens with zero attached hydrogens (tertiary/aromatic N) is 2. The lowest BCUT2D eigenvalue weighted by molar-refractivity contribution is -0.385. The number of para-hydroxylation sites is 1. The van der Waals surface area contributed by atoms with Gasteiger partial charge in [-0.2, -0.15) is 5.10 Å². The average Bonchev–Trinajstić information content (AvgIpc) is 2.76. The van der Waals surface area contributed by atoms with Crippen molar-refractivity contribution in [2.75, 3.05) is 0 Å². The van der Waals surface area contributed by atoms with E-state index in [1.807, 2.05) is 0 Å². The lowest BCUT2D eigenvalue weighted by atomic mass is 10.1. The van der Waals surface area contributed by atoms with E-state index in [9.17, 15) is 14.9 Å². The molecule has 0 radical (unpaired) electrons. The minimum Gasteiger partial charge on any atom is -0.486 e. The molecule has 33 heavy (non-hydrogen) atoms. The number of nitrogens with one attached hydrogen (secondary N) is 1. The maximum Gasteiger partial charge on any atom is 0.273 e. The molecule has 0 saturated heterocycles. The lowest BCUT2D eigenvalue weighted by Gasteiger charge is -2.11. The molecule has 7 nitrogen and oxygen atoms in total. The van der Waals surface area contributed by atoms with Crippen LogP contribution in [0.2, 0.25) is 20.1 Å². The molecule has 0 spiro atoms. The fraction of sp³-hybridized carbons (Fsp3) is 0.0909. The Morgan fingerprint density at radius 2 is 1.70 bits per heavy atom. The Morgan fingerprint density at radius 1 is 1.00 bits per heavy atom. The standard InChI is InChI=1S/C22H15Cl4N3O4/c23-16-6-5-13(7-17(16)24)12-33-22-18(25)8-14(9-19(22)26)11-27-28-21(30)10-15-3-1-2-4-20(15)29(31)32/h1-9,11H,10,12H2,(H,28,30)/b27-11+. The summed E-state index contributed by atoms with van der Waals surface area (Å²) in [5.74, 6) is -0.235. The van der Waals surface area contributed by atoms with Crippen molar-refractivity contribution in [2.24, 2.45) is 5.10 Å². The number of carbonyl (C=O) groups is 1. The summed E-state index contributed by atoms with van der Waals surface area (Å²) in [5, 5.41) is 16.2. The second kappa shape index (κ2) is 11.3. The molecule has 170 valence electrons. The topological polar surface area (TPSA) is 93.8 Å². The molecule has 11 heteroatoms. The van der Waals surface area contributed by atoms with Crippen molar-refractivity contribution < 1.29 is 14.5 Å². The van der Waals surface area contributed by atoms with Crippen LogP contribution in [0.15, 0.2) is 59.7 Å². The smallest absolute Gasteiger partial charge is 0.273 e. The van der Waals surface area contributed by atoms with Crippen molar-refractivity contribution in [3.63, 3.8) is 0 Å². The molecule has 0 fully saturated rings. The van der Waals surface area contributed by atoms with Crippen LogP contribution in [0.3, 0.4) is 0 Å². The Balaban J connectivity index is 1.62. The van der Waals surface area contributed by atoms with Gasteiger partial charge in [0, 0.05) is 11.6 Å². The molecule has 0 aliphatic carbocycles. The predicted molar refractivity (Wildman–Crippen MR) is 130 cm³/mol. The third kappa shape index (κ3) is 6.82. The maximum absolute atomic E-state index is 12.1. The zero-order valence-electron chi connectivity index (χ0n) is 16.7. The first-order valence-electron chi connectivity index (χ1n) is 9.34. The molecule has 3 aromatic carbocycles. The van der Waals surface area contributed by atoms with E-state index in [-0.39, 0.29) is 40.1 Å². The van der Waals surface area contributed by atoms with Crippen LogP contribution >= 0.6 is 46.4 Å². The van der Waals surface area contributed by atoms with E-state index in [1.54, 1.807) is 36.4 Å². The first-order chi connectivity index (χ1) is 15.7. The van der Waals surface area contributed by atoms with Gasteiger partial charge in [-0.15, -0.1) is 0 Å². The molecule has 0 aliphatic rings. The summed E-state index contributed by atoms with van der Waals surface area (Å²) >= 11 is 24.5. The third-order valence-electron chi connectivity index (χ3n) is 4.33. The van der Waals surface area contributed by atoms with Gasteiger partial charge in [-0.05, 0) is 35.4 Å². The number of amides is 1. The number of nitro groups is 1. The Bertz CT molecular complexity index is 1210. The van der Waals surface area contributed by atoms with E-state index in [0.717, 1.165) is 5.56 Å². The molecule has 3 aromatic rings. The van der Waals surface area contributed by atoms with Gasteiger partial charge in [0.2, 0.25) is 5.91 Å². The number of hydrogen-bond acceptors (Lipinski definition) is 5. The Labute approximate surface area is 209 Å². The molecule has 0 aromatic heterocycles. The molecule has 0 aliphatic heterocycles. The highest BCUT2D eigenvalue weighted by atomic mass is 35.5. The average molecular weight is 527 g/mol. The highest BCUT2D eigenvalue weighted by Crippen LogP contribution is 2.34. The Morgan fingerprint density at radius 3 is 2.36 bits per heavy atom. The van der Waals surface area contributed by atoms with Gasteiger partial charge < -0.3 is 4.74 Å². The van der Waals surface area contributed by atoms with Crippen LogP contribution in [0.5, 0.6) is 5.75 Å². The molecule has 1 N–H and O–H groups in total. The Kier molecular flexibility index (Phi) is 8.52. The zero-order valence-corrected chi connectivity index (χ0v) is 19.8. The van der Waals surface area contributed by atoms with Crippen molar-refractivity contribution >= 4 is 64.2 Å². The first kappa shape index (κ1) is 24.8. The van der Waals surface area contributed by atoms with E-state index < -0.39 is 10.8 Å². The fourth-order valence-electron chi connectivity index (χ4n) is 2.81. The van der Waals surface area contributed by atoms with Gasteiger partial charge in [0.15, 0.2) is 5.75 Å². The first-order valence-corrected chi connectivity index (χ1v) is 10.9. The van der Waals surface area contributed by atoms with Crippen LogP contribution in [0.25, 0.3) is 0 Å². The monoisotopic (exact) mass is 525 g/mol. The van der Waals surface area contributed by atoms with E-state index in [4.69, 9.17) is 51.1 Å².